The zero-order valence-corrected chi connectivity index (χ0v) is 9.25. The van der Waals surface area contributed by atoms with Crippen LogP contribution in [0.15, 0.2) is 6.07 Å². The van der Waals surface area contributed by atoms with E-state index in [9.17, 15) is 4.39 Å². The maximum absolute atomic E-state index is 12.7. The Morgan fingerprint density at radius 3 is 2.69 bits per heavy atom. The van der Waals surface area contributed by atoms with Gasteiger partial charge in [-0.05, 0) is 18.0 Å². The zero-order chi connectivity index (χ0) is 9.90. The predicted molar refractivity (Wildman–Crippen MR) is 54.6 cm³/mol. The number of hydrogen-bond acceptors (Lipinski definition) is 2. The summed E-state index contributed by atoms with van der Waals surface area (Å²) in [4.78, 5) is 1.05. The first kappa shape index (κ1) is 10.6. The fraction of sp³-hybridized carbons (Fsp3) is 0.700. The Bertz CT molecular complexity index is 268. The molecule has 13 heavy (non-hydrogen) atoms. The number of rotatable bonds is 4. The Labute approximate surface area is 83.2 Å². The van der Waals surface area contributed by atoms with Crippen molar-refractivity contribution in [2.24, 2.45) is 0 Å². The van der Waals surface area contributed by atoms with Gasteiger partial charge in [0.1, 0.15) is 0 Å². The summed E-state index contributed by atoms with van der Waals surface area (Å²) in [6.45, 7) is 6.47. The third-order valence-electron chi connectivity index (χ3n) is 2.30. The topological polar surface area (TPSA) is 12.9 Å². The highest BCUT2D eigenvalue weighted by atomic mass is 32.1. The molecule has 0 N–H and O–H groups in total. The second kappa shape index (κ2) is 4.18. The highest BCUT2D eigenvalue weighted by Crippen LogP contribution is 2.31. The molecule has 0 aliphatic carbocycles. The van der Waals surface area contributed by atoms with Gasteiger partial charge in [0.2, 0.25) is 5.95 Å². The lowest BCUT2D eigenvalue weighted by Gasteiger charge is -2.21. The molecule has 0 amide bonds. The van der Waals surface area contributed by atoms with Crippen molar-refractivity contribution < 1.29 is 4.39 Å². The van der Waals surface area contributed by atoms with Crippen LogP contribution in [0.3, 0.4) is 0 Å². The van der Waals surface area contributed by atoms with Crippen LogP contribution < -0.4 is 0 Å². The van der Waals surface area contributed by atoms with Crippen molar-refractivity contribution >= 4 is 11.5 Å². The third kappa shape index (κ3) is 2.76. The van der Waals surface area contributed by atoms with Crippen LogP contribution in [0.1, 0.15) is 44.9 Å². The van der Waals surface area contributed by atoms with Crippen LogP contribution in [0, 0.1) is 5.95 Å². The second-order valence-corrected chi connectivity index (χ2v) is 4.81. The lowest BCUT2D eigenvalue weighted by molar-refractivity contribution is 0.464. The van der Waals surface area contributed by atoms with Crippen LogP contribution in [-0.4, -0.2) is 4.37 Å². The molecule has 0 aromatic carbocycles. The molecular weight excluding hydrogens is 185 g/mol. The van der Waals surface area contributed by atoms with E-state index < -0.39 is 0 Å². The molecule has 0 bridgehead atoms. The van der Waals surface area contributed by atoms with E-state index in [0.29, 0.717) is 0 Å². The standard InChI is InChI=1S/C10H16FNS/c1-4-5-6-10(2,3)8-7-9(11)12-13-8/h7H,4-6H2,1-3H3. The van der Waals surface area contributed by atoms with E-state index in [1.54, 1.807) is 6.07 Å². The van der Waals surface area contributed by atoms with Gasteiger partial charge in [-0.15, -0.1) is 0 Å². The average molecular weight is 201 g/mol. The molecule has 3 heteroatoms. The van der Waals surface area contributed by atoms with E-state index in [2.05, 4.69) is 25.1 Å². The second-order valence-electron chi connectivity index (χ2n) is 4.00. The first-order valence-corrected chi connectivity index (χ1v) is 5.46. The monoisotopic (exact) mass is 201 g/mol. The SMILES string of the molecule is CCCCC(C)(C)c1cc(F)ns1. The predicted octanol–water partition coefficient (Wildman–Crippen LogP) is 3.75. The molecular formula is C10H16FNS. The number of aromatic nitrogens is 1. The Morgan fingerprint density at radius 2 is 2.23 bits per heavy atom. The van der Waals surface area contributed by atoms with Crippen molar-refractivity contribution in [1.29, 1.82) is 0 Å². The van der Waals surface area contributed by atoms with Gasteiger partial charge in [-0.25, -0.2) is 0 Å². The largest absolute Gasteiger partial charge is 0.224 e. The van der Waals surface area contributed by atoms with E-state index >= 15 is 0 Å². The molecule has 0 radical (unpaired) electrons. The molecule has 0 spiro atoms. The quantitative estimate of drug-likeness (QED) is 0.723. The van der Waals surface area contributed by atoms with Crippen LogP contribution >= 0.6 is 11.5 Å². The molecule has 0 atom stereocenters. The lowest BCUT2D eigenvalue weighted by atomic mass is 9.86. The molecule has 0 aliphatic rings. The number of halogens is 1. The van der Waals surface area contributed by atoms with Gasteiger partial charge in [0.05, 0.1) is 0 Å². The van der Waals surface area contributed by atoms with Crippen molar-refractivity contribution in [3.63, 3.8) is 0 Å². The summed E-state index contributed by atoms with van der Waals surface area (Å²) in [6, 6.07) is 1.56. The molecule has 0 saturated carbocycles. The zero-order valence-electron chi connectivity index (χ0n) is 8.43. The normalized spacial score (nSPS) is 12.0. The number of unbranched alkanes of at least 4 members (excludes halogenated alkanes) is 1. The van der Waals surface area contributed by atoms with Gasteiger partial charge in [0.15, 0.2) is 0 Å². The smallest absolute Gasteiger partial charge is 0.184 e. The van der Waals surface area contributed by atoms with Gasteiger partial charge in [-0.2, -0.15) is 8.76 Å². The van der Waals surface area contributed by atoms with Gasteiger partial charge >= 0.3 is 0 Å². The van der Waals surface area contributed by atoms with Crippen LogP contribution in [0.5, 0.6) is 0 Å². The summed E-state index contributed by atoms with van der Waals surface area (Å²) >= 11 is 1.28. The summed E-state index contributed by atoms with van der Waals surface area (Å²) in [5.41, 5.74) is 0.0814. The maximum atomic E-state index is 12.7. The van der Waals surface area contributed by atoms with Gasteiger partial charge < -0.3 is 0 Å². The number of hydrogen-bond donors (Lipinski definition) is 0. The van der Waals surface area contributed by atoms with Crippen molar-refractivity contribution in [2.75, 3.05) is 0 Å². The van der Waals surface area contributed by atoms with E-state index in [1.165, 1.54) is 24.4 Å². The Balaban J connectivity index is 2.68. The summed E-state index contributed by atoms with van der Waals surface area (Å²) in [5.74, 6) is -0.343. The molecule has 1 aromatic heterocycles. The van der Waals surface area contributed by atoms with Gasteiger partial charge in [-0.1, -0.05) is 33.6 Å². The van der Waals surface area contributed by atoms with Gasteiger partial charge in [0, 0.05) is 16.4 Å². The summed E-state index contributed by atoms with van der Waals surface area (Å²) in [5, 5.41) is 0. The van der Waals surface area contributed by atoms with Gasteiger partial charge in [-0.3, -0.25) is 0 Å². The minimum Gasteiger partial charge on any atom is -0.184 e. The lowest BCUT2D eigenvalue weighted by Crippen LogP contribution is -2.14. The molecule has 0 fully saturated rings. The van der Waals surface area contributed by atoms with Crippen molar-refractivity contribution in [2.45, 2.75) is 45.4 Å². The third-order valence-corrected chi connectivity index (χ3v) is 3.44. The fourth-order valence-corrected chi connectivity index (χ4v) is 2.05. The first-order chi connectivity index (χ1) is 6.06. The highest BCUT2D eigenvalue weighted by Gasteiger charge is 2.22. The molecule has 1 nitrogen and oxygen atoms in total. The summed E-state index contributed by atoms with van der Waals surface area (Å²) in [6.07, 6.45) is 3.47. The Morgan fingerprint density at radius 1 is 1.54 bits per heavy atom. The van der Waals surface area contributed by atoms with Gasteiger partial charge in [0.25, 0.3) is 0 Å². The summed E-state index contributed by atoms with van der Waals surface area (Å²) in [7, 11) is 0. The van der Waals surface area contributed by atoms with E-state index in [0.717, 1.165) is 11.3 Å². The molecule has 0 aliphatic heterocycles. The molecule has 1 aromatic rings. The Kier molecular flexibility index (Phi) is 3.42. The fourth-order valence-electron chi connectivity index (χ4n) is 1.31. The van der Waals surface area contributed by atoms with Crippen molar-refractivity contribution in [3.05, 3.63) is 16.9 Å². The first-order valence-electron chi connectivity index (χ1n) is 4.69. The highest BCUT2D eigenvalue weighted by molar-refractivity contribution is 7.05. The minimum atomic E-state index is -0.343. The van der Waals surface area contributed by atoms with E-state index in [4.69, 9.17) is 0 Å². The summed E-state index contributed by atoms with van der Waals surface area (Å²) < 4.78 is 16.3. The molecule has 0 saturated heterocycles. The number of nitrogens with zero attached hydrogens (tertiary/aromatic N) is 1. The average Bonchev–Trinajstić information content (AvgIpc) is 2.49. The van der Waals surface area contributed by atoms with E-state index in [-0.39, 0.29) is 11.4 Å². The van der Waals surface area contributed by atoms with Crippen LogP contribution in [0.4, 0.5) is 4.39 Å². The van der Waals surface area contributed by atoms with Crippen molar-refractivity contribution in [1.82, 2.24) is 4.37 Å². The molecule has 1 heterocycles. The minimum absolute atomic E-state index is 0.0814. The molecule has 74 valence electrons. The van der Waals surface area contributed by atoms with E-state index in [1.807, 2.05) is 0 Å². The Hall–Kier alpha value is -0.440. The van der Waals surface area contributed by atoms with Crippen molar-refractivity contribution in [3.8, 4) is 0 Å². The van der Waals surface area contributed by atoms with Crippen LogP contribution in [0.2, 0.25) is 0 Å². The maximum Gasteiger partial charge on any atom is 0.224 e. The molecule has 0 unspecified atom stereocenters. The van der Waals surface area contributed by atoms with Crippen LogP contribution in [-0.2, 0) is 5.41 Å². The van der Waals surface area contributed by atoms with Crippen LogP contribution in [0.25, 0.3) is 0 Å². The molecule has 1 rings (SSSR count).